The molecule has 3 aromatic rings. The summed E-state index contributed by atoms with van der Waals surface area (Å²) >= 11 is 0. The van der Waals surface area contributed by atoms with E-state index in [0.29, 0.717) is 25.3 Å². The minimum Gasteiger partial charge on any atom is -0.497 e. The normalized spacial score (nSPS) is 11.9. The van der Waals surface area contributed by atoms with Crippen LogP contribution in [0.5, 0.6) is 11.5 Å². The number of benzene rings is 3. The summed E-state index contributed by atoms with van der Waals surface area (Å²) in [6.07, 6.45) is 0.561. The van der Waals surface area contributed by atoms with Gasteiger partial charge in [0.15, 0.2) is 0 Å². The number of ether oxygens (including phenoxy) is 2. The first-order valence-corrected chi connectivity index (χ1v) is 14.6. The van der Waals surface area contributed by atoms with Gasteiger partial charge in [-0.05, 0) is 66.4 Å². The number of rotatable bonds is 14. The molecule has 0 saturated heterocycles. The SMILES string of the molecule is CCNS(=O)(=O)c1ccc(CCC(=O)N(Cc2ccc(OC)cc2)C(C)C(=O)NCc2ccc(OC)cc2)cc1. The Labute approximate surface area is 236 Å². The van der Waals surface area contributed by atoms with Crippen molar-refractivity contribution in [2.75, 3.05) is 20.8 Å². The van der Waals surface area contributed by atoms with Gasteiger partial charge in [-0.25, -0.2) is 13.1 Å². The van der Waals surface area contributed by atoms with Crippen molar-refractivity contribution in [2.24, 2.45) is 0 Å². The molecule has 0 aliphatic heterocycles. The van der Waals surface area contributed by atoms with Gasteiger partial charge in [-0.2, -0.15) is 0 Å². The summed E-state index contributed by atoms with van der Waals surface area (Å²) in [7, 11) is -0.366. The maximum absolute atomic E-state index is 13.4. The molecule has 9 nitrogen and oxygen atoms in total. The molecule has 2 N–H and O–H groups in total. The molecule has 0 bridgehead atoms. The second kappa shape index (κ2) is 14.5. The lowest BCUT2D eigenvalue weighted by atomic mass is 10.1. The number of nitrogens with one attached hydrogen (secondary N) is 2. The molecule has 1 unspecified atom stereocenters. The number of amides is 2. The van der Waals surface area contributed by atoms with Crippen molar-refractivity contribution in [3.8, 4) is 11.5 Å². The maximum atomic E-state index is 13.4. The molecule has 0 spiro atoms. The summed E-state index contributed by atoms with van der Waals surface area (Å²) in [5.41, 5.74) is 2.60. The molecule has 214 valence electrons. The first-order chi connectivity index (χ1) is 19.2. The second-order valence-electron chi connectivity index (χ2n) is 9.26. The average molecular weight is 568 g/mol. The van der Waals surface area contributed by atoms with Crippen molar-refractivity contribution in [1.29, 1.82) is 0 Å². The Morgan fingerprint density at radius 1 is 0.825 bits per heavy atom. The highest BCUT2D eigenvalue weighted by molar-refractivity contribution is 7.89. The summed E-state index contributed by atoms with van der Waals surface area (Å²) in [6.45, 7) is 4.30. The first kappa shape index (κ1) is 30.6. The number of hydrogen-bond acceptors (Lipinski definition) is 6. The van der Waals surface area contributed by atoms with Gasteiger partial charge >= 0.3 is 0 Å². The van der Waals surface area contributed by atoms with E-state index in [-0.39, 0.29) is 29.7 Å². The summed E-state index contributed by atoms with van der Waals surface area (Å²) in [6, 6.07) is 20.5. The van der Waals surface area contributed by atoms with Gasteiger partial charge in [-0.15, -0.1) is 0 Å². The van der Waals surface area contributed by atoms with Gasteiger partial charge in [-0.1, -0.05) is 43.3 Å². The molecular weight excluding hydrogens is 530 g/mol. The van der Waals surface area contributed by atoms with Gasteiger partial charge in [-0.3, -0.25) is 9.59 Å². The third-order valence-electron chi connectivity index (χ3n) is 6.50. The lowest BCUT2D eigenvalue weighted by Crippen LogP contribution is -2.47. The molecule has 0 fully saturated rings. The first-order valence-electron chi connectivity index (χ1n) is 13.1. The number of carbonyl (C=O) groups is 2. The van der Waals surface area contributed by atoms with Crippen LogP contribution >= 0.6 is 0 Å². The van der Waals surface area contributed by atoms with E-state index in [2.05, 4.69) is 10.0 Å². The zero-order valence-corrected chi connectivity index (χ0v) is 24.2. The average Bonchev–Trinajstić information content (AvgIpc) is 2.97. The van der Waals surface area contributed by atoms with Crippen molar-refractivity contribution >= 4 is 21.8 Å². The fourth-order valence-electron chi connectivity index (χ4n) is 4.09. The van der Waals surface area contributed by atoms with Crippen molar-refractivity contribution in [3.05, 3.63) is 89.5 Å². The highest BCUT2D eigenvalue weighted by Gasteiger charge is 2.26. The number of aryl methyl sites for hydroxylation is 1. The predicted molar refractivity (Wildman–Crippen MR) is 153 cm³/mol. The molecule has 0 aromatic heterocycles. The standard InChI is InChI=1S/C30H37N3O6S/c1-5-32-40(36,37)28-17-10-23(11-18-28)12-19-29(34)33(21-25-8-15-27(39-4)16-9-25)22(2)30(35)31-20-24-6-13-26(38-3)14-7-24/h6-11,13-18,22,32H,5,12,19-21H2,1-4H3,(H,31,35). The van der Waals surface area contributed by atoms with Crippen LogP contribution in [-0.2, 0) is 39.1 Å². The number of sulfonamides is 1. The Morgan fingerprint density at radius 2 is 1.35 bits per heavy atom. The third kappa shape index (κ3) is 8.56. The Balaban J connectivity index is 1.70. The molecule has 0 aliphatic carbocycles. The van der Waals surface area contributed by atoms with Crippen LogP contribution in [0.25, 0.3) is 0 Å². The van der Waals surface area contributed by atoms with Crippen molar-refractivity contribution in [2.45, 2.75) is 50.7 Å². The minimum atomic E-state index is -3.55. The maximum Gasteiger partial charge on any atom is 0.242 e. The Hall–Kier alpha value is -3.89. The van der Waals surface area contributed by atoms with E-state index in [0.717, 1.165) is 22.4 Å². The number of carbonyl (C=O) groups excluding carboxylic acids is 2. The van der Waals surface area contributed by atoms with Gasteiger partial charge in [0.25, 0.3) is 0 Å². The number of hydrogen-bond donors (Lipinski definition) is 2. The van der Waals surface area contributed by atoms with Gasteiger partial charge < -0.3 is 19.7 Å². The monoisotopic (exact) mass is 567 g/mol. The summed E-state index contributed by atoms with van der Waals surface area (Å²) in [4.78, 5) is 28.3. The fraction of sp³-hybridized carbons (Fsp3) is 0.333. The Morgan fingerprint density at radius 3 is 1.88 bits per heavy atom. The van der Waals surface area contributed by atoms with Crippen LogP contribution in [0, 0.1) is 0 Å². The molecule has 0 aliphatic rings. The Bertz CT molecular complexity index is 1360. The molecule has 40 heavy (non-hydrogen) atoms. The highest BCUT2D eigenvalue weighted by Crippen LogP contribution is 2.18. The van der Waals surface area contributed by atoms with Crippen LogP contribution in [0.4, 0.5) is 0 Å². The van der Waals surface area contributed by atoms with Gasteiger partial charge in [0.1, 0.15) is 17.5 Å². The topological polar surface area (TPSA) is 114 Å². The van der Waals surface area contributed by atoms with Crippen LogP contribution in [-0.4, -0.2) is 51.9 Å². The lowest BCUT2D eigenvalue weighted by molar-refractivity contribution is -0.140. The highest BCUT2D eigenvalue weighted by atomic mass is 32.2. The largest absolute Gasteiger partial charge is 0.497 e. The Kier molecular flexibility index (Phi) is 11.1. The molecule has 2 amide bonds. The smallest absolute Gasteiger partial charge is 0.242 e. The predicted octanol–water partition coefficient (Wildman–Crippen LogP) is 3.67. The van der Waals surface area contributed by atoms with E-state index in [1.54, 1.807) is 45.1 Å². The van der Waals surface area contributed by atoms with Crippen LogP contribution in [0.2, 0.25) is 0 Å². The van der Waals surface area contributed by atoms with E-state index in [9.17, 15) is 18.0 Å². The molecule has 0 heterocycles. The minimum absolute atomic E-state index is 0.158. The van der Waals surface area contributed by atoms with Gasteiger partial charge in [0.05, 0.1) is 19.1 Å². The summed E-state index contributed by atoms with van der Waals surface area (Å²) in [5, 5.41) is 2.92. The van der Waals surface area contributed by atoms with E-state index >= 15 is 0 Å². The molecule has 3 aromatic carbocycles. The molecule has 1 atom stereocenters. The van der Waals surface area contributed by atoms with Crippen LogP contribution in [0.3, 0.4) is 0 Å². The third-order valence-corrected chi connectivity index (χ3v) is 8.06. The second-order valence-corrected chi connectivity index (χ2v) is 11.0. The zero-order valence-electron chi connectivity index (χ0n) is 23.3. The van der Waals surface area contributed by atoms with Crippen LogP contribution in [0.15, 0.2) is 77.7 Å². The molecule has 0 radical (unpaired) electrons. The summed E-state index contributed by atoms with van der Waals surface area (Å²) in [5.74, 6) is 0.975. The fourth-order valence-corrected chi connectivity index (χ4v) is 5.14. The molecular formula is C30H37N3O6S. The van der Waals surface area contributed by atoms with Gasteiger partial charge in [0, 0.05) is 26.1 Å². The van der Waals surface area contributed by atoms with E-state index in [1.165, 1.54) is 12.1 Å². The van der Waals surface area contributed by atoms with Gasteiger partial charge in [0.2, 0.25) is 21.8 Å². The van der Waals surface area contributed by atoms with E-state index in [1.807, 2.05) is 48.5 Å². The van der Waals surface area contributed by atoms with E-state index < -0.39 is 16.1 Å². The molecule has 3 rings (SSSR count). The van der Waals surface area contributed by atoms with E-state index in [4.69, 9.17) is 9.47 Å². The number of nitrogens with zero attached hydrogens (tertiary/aromatic N) is 1. The lowest BCUT2D eigenvalue weighted by Gasteiger charge is -2.29. The quantitative estimate of drug-likeness (QED) is 0.307. The summed E-state index contributed by atoms with van der Waals surface area (Å²) < 4.78 is 37.3. The number of methoxy groups -OCH3 is 2. The zero-order chi connectivity index (χ0) is 29.1. The van der Waals surface area contributed by atoms with Crippen molar-refractivity contribution in [1.82, 2.24) is 14.9 Å². The van der Waals surface area contributed by atoms with Crippen LogP contribution < -0.4 is 19.5 Å². The van der Waals surface area contributed by atoms with Crippen molar-refractivity contribution < 1.29 is 27.5 Å². The van der Waals surface area contributed by atoms with Crippen LogP contribution in [0.1, 0.15) is 37.0 Å². The molecule has 0 saturated carbocycles. The molecule has 10 heteroatoms. The van der Waals surface area contributed by atoms with Crippen molar-refractivity contribution in [3.63, 3.8) is 0 Å².